The minimum atomic E-state index is -0.544. The standard InChI is InChI=1S/C21H16Cl2N2O4/c1-11(2)28-17-8-7-13(18-12-5-3-4-6-16(12)29-20(17)18)21(26)24-19-14(22)9-25(27)10-15(19)23/h3-11,27H,1-2H3. The fourth-order valence-electron chi connectivity index (χ4n) is 3.10. The number of para-hydroxylation sites is 1. The number of amides is 1. The number of ether oxygens (including phenoxy) is 1. The number of halogens is 2. The third kappa shape index (κ3) is 3.57. The van der Waals surface area contributed by atoms with Gasteiger partial charge < -0.3 is 14.4 Å². The van der Waals surface area contributed by atoms with Crippen molar-refractivity contribution in [3.8, 4) is 5.75 Å². The third-order valence-electron chi connectivity index (χ3n) is 4.24. The second-order valence-electron chi connectivity index (χ2n) is 6.68. The van der Waals surface area contributed by atoms with Crippen LogP contribution in [0.3, 0.4) is 0 Å². The highest BCUT2D eigenvalue weighted by molar-refractivity contribution is 6.34. The van der Waals surface area contributed by atoms with E-state index >= 15 is 0 Å². The van der Waals surface area contributed by atoms with Crippen molar-refractivity contribution in [1.29, 1.82) is 0 Å². The lowest BCUT2D eigenvalue weighted by atomic mass is 10.1. The number of fused-ring (bicyclic) bond motifs is 3. The van der Waals surface area contributed by atoms with Crippen LogP contribution in [0, 0.1) is 0 Å². The molecule has 29 heavy (non-hydrogen) atoms. The lowest BCUT2D eigenvalue weighted by molar-refractivity contribution is 0.0999. The monoisotopic (exact) mass is 430 g/mol. The minimum absolute atomic E-state index is 0.0430. The highest BCUT2D eigenvalue weighted by atomic mass is 35.5. The zero-order valence-corrected chi connectivity index (χ0v) is 17.0. The topological polar surface area (TPSA) is 77.0 Å². The molecule has 0 atom stereocenters. The molecule has 0 saturated heterocycles. The lowest BCUT2D eigenvalue weighted by Gasteiger charge is -2.10. The van der Waals surface area contributed by atoms with Gasteiger partial charge in [-0.2, -0.15) is 4.73 Å². The molecular weight excluding hydrogens is 415 g/mol. The number of benzene rings is 2. The predicted molar refractivity (Wildman–Crippen MR) is 111 cm³/mol. The number of carbonyl (C=O) groups excluding carboxylic acids is 1. The van der Waals surface area contributed by atoms with Crippen molar-refractivity contribution >= 4 is 51.0 Å². The number of hydrogen-bond donors (Lipinski definition) is 1. The maximum absolute atomic E-state index is 13.1. The molecule has 2 aromatic heterocycles. The van der Waals surface area contributed by atoms with Gasteiger partial charge in [0.1, 0.15) is 10.9 Å². The minimum Gasteiger partial charge on any atom is -0.487 e. The van der Waals surface area contributed by atoms with E-state index in [1.807, 2.05) is 38.1 Å². The van der Waals surface area contributed by atoms with Crippen molar-refractivity contribution in [3.05, 3.63) is 69.8 Å². The Morgan fingerprint density at radius 2 is 1.83 bits per heavy atom. The zero-order chi connectivity index (χ0) is 20.7. The number of carbonyl (C=O) groups is 1. The Morgan fingerprint density at radius 3 is 2.52 bits per heavy atom. The summed E-state index contributed by atoms with van der Waals surface area (Å²) in [5.74, 6) is -0.00279. The van der Waals surface area contributed by atoms with E-state index in [0.29, 0.717) is 32.6 Å². The number of nitrogens with zero attached hydrogens (tertiary/aromatic N) is 2. The number of aromatic nitrogens is 1. The largest absolute Gasteiger partial charge is 0.487 e. The molecular formula is C21H16Cl2N2O4. The van der Waals surface area contributed by atoms with Crippen LogP contribution in [0.4, 0.5) is 0 Å². The van der Waals surface area contributed by atoms with Crippen LogP contribution < -0.4 is 10.1 Å². The van der Waals surface area contributed by atoms with Crippen LogP contribution in [0.2, 0.25) is 10.0 Å². The van der Waals surface area contributed by atoms with Crippen molar-refractivity contribution in [2.24, 2.45) is 4.99 Å². The van der Waals surface area contributed by atoms with Crippen molar-refractivity contribution in [2.45, 2.75) is 20.0 Å². The first kappa shape index (κ1) is 19.4. The van der Waals surface area contributed by atoms with Gasteiger partial charge in [-0.3, -0.25) is 4.79 Å². The Hall–Kier alpha value is -2.96. The van der Waals surface area contributed by atoms with Crippen LogP contribution >= 0.6 is 23.2 Å². The summed E-state index contributed by atoms with van der Waals surface area (Å²) in [5.41, 5.74) is 1.43. The quantitative estimate of drug-likeness (QED) is 0.437. The van der Waals surface area contributed by atoms with Gasteiger partial charge in [0.15, 0.2) is 11.3 Å². The highest BCUT2D eigenvalue weighted by Crippen LogP contribution is 2.37. The fourth-order valence-corrected chi connectivity index (χ4v) is 3.64. The van der Waals surface area contributed by atoms with Crippen molar-refractivity contribution in [2.75, 3.05) is 0 Å². The molecule has 4 rings (SSSR count). The Kier molecular flexibility index (Phi) is 4.98. The molecule has 1 N–H and O–H groups in total. The molecule has 0 bridgehead atoms. The average molecular weight is 431 g/mol. The smallest absolute Gasteiger partial charge is 0.278 e. The summed E-state index contributed by atoms with van der Waals surface area (Å²) in [4.78, 5) is 17.1. The van der Waals surface area contributed by atoms with E-state index < -0.39 is 5.91 Å². The summed E-state index contributed by atoms with van der Waals surface area (Å²) < 4.78 is 12.5. The number of rotatable bonds is 3. The van der Waals surface area contributed by atoms with Gasteiger partial charge in [0.05, 0.1) is 34.1 Å². The van der Waals surface area contributed by atoms with Crippen LogP contribution in [0.1, 0.15) is 24.2 Å². The first-order valence-electron chi connectivity index (χ1n) is 8.81. The zero-order valence-electron chi connectivity index (χ0n) is 15.5. The van der Waals surface area contributed by atoms with E-state index in [1.165, 1.54) is 12.4 Å². The van der Waals surface area contributed by atoms with E-state index in [9.17, 15) is 10.0 Å². The molecule has 8 heteroatoms. The Labute approximate surface area is 175 Å². The van der Waals surface area contributed by atoms with E-state index in [2.05, 4.69) is 4.99 Å². The number of pyridine rings is 1. The van der Waals surface area contributed by atoms with Gasteiger partial charge >= 0.3 is 0 Å². The summed E-state index contributed by atoms with van der Waals surface area (Å²) >= 11 is 12.2. The maximum atomic E-state index is 13.1. The molecule has 4 aromatic rings. The molecule has 0 radical (unpaired) electrons. The second kappa shape index (κ2) is 7.46. The van der Waals surface area contributed by atoms with Crippen LogP contribution in [0.5, 0.6) is 5.75 Å². The maximum Gasteiger partial charge on any atom is 0.278 e. The Morgan fingerprint density at radius 1 is 1.14 bits per heavy atom. The first-order chi connectivity index (χ1) is 13.8. The van der Waals surface area contributed by atoms with Gasteiger partial charge in [0.2, 0.25) is 0 Å². The molecule has 1 amide bonds. The summed E-state index contributed by atoms with van der Waals surface area (Å²) in [7, 11) is 0. The van der Waals surface area contributed by atoms with Crippen molar-refractivity contribution in [3.63, 3.8) is 0 Å². The van der Waals surface area contributed by atoms with Crippen LogP contribution in [0.15, 0.2) is 58.2 Å². The van der Waals surface area contributed by atoms with Crippen LogP contribution in [-0.4, -0.2) is 21.9 Å². The van der Waals surface area contributed by atoms with Gasteiger partial charge in [-0.05, 0) is 32.0 Å². The average Bonchev–Trinajstić information content (AvgIpc) is 3.04. The summed E-state index contributed by atoms with van der Waals surface area (Å²) in [5, 5.41) is 11.0. The van der Waals surface area contributed by atoms with Crippen LogP contribution in [-0.2, 0) is 0 Å². The molecule has 0 spiro atoms. The van der Waals surface area contributed by atoms with Gasteiger partial charge in [-0.15, -0.1) is 0 Å². The lowest BCUT2D eigenvalue weighted by Crippen LogP contribution is -2.13. The molecule has 0 unspecified atom stereocenters. The number of hydrogen-bond acceptors (Lipinski definition) is 4. The van der Waals surface area contributed by atoms with Gasteiger partial charge in [-0.25, -0.2) is 4.99 Å². The van der Waals surface area contributed by atoms with E-state index in [0.717, 1.165) is 5.39 Å². The third-order valence-corrected chi connectivity index (χ3v) is 4.79. The Bertz CT molecular complexity index is 1300. The SMILES string of the molecule is CC(C)Oc1ccc(C(=O)N=c2c(Cl)cn(O)cc2Cl)c2c1oc1ccccc12. The predicted octanol–water partition coefficient (Wildman–Crippen LogP) is 5.46. The van der Waals surface area contributed by atoms with Crippen molar-refractivity contribution < 1.29 is 19.2 Å². The van der Waals surface area contributed by atoms with Gasteiger partial charge in [0, 0.05) is 10.8 Å². The first-order valence-corrected chi connectivity index (χ1v) is 9.57. The fraction of sp³-hybridized carbons (Fsp3) is 0.143. The molecule has 0 saturated carbocycles. The van der Waals surface area contributed by atoms with E-state index in [-0.39, 0.29) is 21.5 Å². The summed E-state index contributed by atoms with van der Waals surface area (Å²) in [6, 6.07) is 10.7. The Balaban J connectivity index is 1.97. The molecule has 2 heterocycles. The van der Waals surface area contributed by atoms with E-state index in [1.54, 1.807) is 12.1 Å². The van der Waals surface area contributed by atoms with Crippen LogP contribution in [0.25, 0.3) is 21.9 Å². The van der Waals surface area contributed by atoms with Gasteiger partial charge in [0.25, 0.3) is 5.91 Å². The molecule has 0 aliphatic rings. The molecule has 0 aliphatic heterocycles. The normalized spacial score (nSPS) is 11.3. The molecule has 0 fully saturated rings. The van der Waals surface area contributed by atoms with Gasteiger partial charge in [-0.1, -0.05) is 41.4 Å². The second-order valence-corrected chi connectivity index (χ2v) is 7.49. The molecule has 6 nitrogen and oxygen atoms in total. The number of furan rings is 1. The molecule has 2 aromatic carbocycles. The molecule has 0 aliphatic carbocycles. The highest BCUT2D eigenvalue weighted by Gasteiger charge is 2.20. The summed E-state index contributed by atoms with van der Waals surface area (Å²) in [6.45, 7) is 3.82. The van der Waals surface area contributed by atoms with E-state index in [4.69, 9.17) is 32.4 Å². The summed E-state index contributed by atoms with van der Waals surface area (Å²) in [6.07, 6.45) is 2.33. The van der Waals surface area contributed by atoms with Crippen molar-refractivity contribution in [1.82, 2.24) is 4.73 Å². The molecule has 148 valence electrons.